The molecule has 1 aliphatic carbocycles. The summed E-state index contributed by atoms with van der Waals surface area (Å²) in [5, 5.41) is 13.7. The van der Waals surface area contributed by atoms with E-state index in [1.165, 1.54) is 0 Å². The molecule has 28 heavy (non-hydrogen) atoms. The monoisotopic (exact) mass is 372 g/mol. The SMILES string of the molecule is N#Cc1ccc(-c2cnn(CC3(CF)CC3)c2)c(-c2ccn3ccnc3c2)n1. The van der Waals surface area contributed by atoms with E-state index < -0.39 is 0 Å². The molecule has 0 amide bonds. The Bertz CT molecular complexity index is 1210. The zero-order valence-electron chi connectivity index (χ0n) is 15.1. The largest absolute Gasteiger partial charge is 0.307 e. The molecule has 4 aromatic heterocycles. The maximum atomic E-state index is 13.2. The van der Waals surface area contributed by atoms with Gasteiger partial charge in [0.2, 0.25) is 0 Å². The third-order valence-corrected chi connectivity index (χ3v) is 5.36. The molecule has 1 saturated carbocycles. The number of rotatable bonds is 5. The third-order valence-electron chi connectivity index (χ3n) is 5.36. The predicted octanol–water partition coefficient (Wildman–Crippen LogP) is 3.88. The van der Waals surface area contributed by atoms with Crippen molar-refractivity contribution in [1.82, 2.24) is 24.1 Å². The number of fused-ring (bicyclic) bond motifs is 1. The number of alkyl halides is 1. The van der Waals surface area contributed by atoms with E-state index in [4.69, 9.17) is 0 Å². The molecule has 5 rings (SSSR count). The van der Waals surface area contributed by atoms with Gasteiger partial charge < -0.3 is 4.40 Å². The molecule has 0 N–H and O–H groups in total. The first-order chi connectivity index (χ1) is 13.7. The van der Waals surface area contributed by atoms with Gasteiger partial charge in [-0.2, -0.15) is 10.4 Å². The van der Waals surface area contributed by atoms with Gasteiger partial charge in [0.1, 0.15) is 17.4 Å². The van der Waals surface area contributed by atoms with E-state index in [-0.39, 0.29) is 12.1 Å². The summed E-state index contributed by atoms with van der Waals surface area (Å²) in [5.74, 6) is 0. The summed E-state index contributed by atoms with van der Waals surface area (Å²) >= 11 is 0. The first-order valence-electron chi connectivity index (χ1n) is 9.13. The van der Waals surface area contributed by atoms with E-state index in [0.717, 1.165) is 35.2 Å². The van der Waals surface area contributed by atoms with Crippen LogP contribution in [0.4, 0.5) is 4.39 Å². The highest BCUT2D eigenvalue weighted by atomic mass is 19.1. The number of nitriles is 1. The summed E-state index contributed by atoms with van der Waals surface area (Å²) in [6.45, 7) is 0.277. The molecular weight excluding hydrogens is 355 g/mol. The van der Waals surface area contributed by atoms with Crippen molar-refractivity contribution in [2.45, 2.75) is 19.4 Å². The van der Waals surface area contributed by atoms with Crippen LogP contribution in [0.3, 0.4) is 0 Å². The molecule has 0 spiro atoms. The lowest BCUT2D eigenvalue weighted by atomic mass is 10.0. The van der Waals surface area contributed by atoms with Crippen molar-refractivity contribution < 1.29 is 4.39 Å². The number of aromatic nitrogens is 5. The summed E-state index contributed by atoms with van der Waals surface area (Å²) in [6.07, 6.45) is 11.1. The molecule has 138 valence electrons. The Morgan fingerprint density at radius 1 is 1.18 bits per heavy atom. The van der Waals surface area contributed by atoms with E-state index in [9.17, 15) is 9.65 Å². The minimum absolute atomic E-state index is 0.235. The molecule has 4 heterocycles. The summed E-state index contributed by atoms with van der Waals surface area (Å²) in [6, 6.07) is 9.59. The molecule has 0 atom stereocenters. The standard InChI is InChI=1S/C21H17FN6/c22-13-21(4-5-21)14-28-12-16(11-25-28)18-2-1-17(10-23)26-20(18)15-3-7-27-8-6-24-19(27)9-15/h1-3,6-9,11-12H,4-5,13-14H2. The van der Waals surface area contributed by atoms with E-state index in [1.54, 1.807) is 18.5 Å². The van der Waals surface area contributed by atoms with Crippen molar-refractivity contribution in [2.75, 3.05) is 6.67 Å². The fourth-order valence-corrected chi connectivity index (χ4v) is 3.48. The topological polar surface area (TPSA) is 71.8 Å². The molecule has 6 nitrogen and oxygen atoms in total. The van der Waals surface area contributed by atoms with Crippen LogP contribution < -0.4 is 0 Å². The van der Waals surface area contributed by atoms with Crippen LogP contribution >= 0.6 is 0 Å². The molecule has 1 aliphatic rings. The van der Waals surface area contributed by atoms with Crippen molar-refractivity contribution in [1.29, 1.82) is 5.26 Å². The maximum Gasteiger partial charge on any atom is 0.141 e. The third kappa shape index (κ3) is 2.83. The molecule has 1 fully saturated rings. The van der Waals surface area contributed by atoms with E-state index in [2.05, 4.69) is 21.1 Å². The normalized spacial score (nSPS) is 14.9. The number of pyridine rings is 2. The summed E-state index contributed by atoms with van der Waals surface area (Å²) in [5.41, 5.74) is 4.28. The Hall–Kier alpha value is -3.53. The van der Waals surface area contributed by atoms with E-state index in [1.807, 2.05) is 45.9 Å². The molecule has 0 aliphatic heterocycles. The summed E-state index contributed by atoms with van der Waals surface area (Å²) in [4.78, 5) is 8.88. The summed E-state index contributed by atoms with van der Waals surface area (Å²) < 4.78 is 17.0. The lowest BCUT2D eigenvalue weighted by molar-refractivity contribution is 0.294. The van der Waals surface area contributed by atoms with Gasteiger partial charge in [-0.25, -0.2) is 9.97 Å². The molecule has 4 aromatic rings. The first-order valence-corrected chi connectivity index (χ1v) is 9.13. The van der Waals surface area contributed by atoms with Crippen molar-refractivity contribution in [3.8, 4) is 28.5 Å². The minimum atomic E-state index is -0.309. The van der Waals surface area contributed by atoms with Crippen LogP contribution in [0.5, 0.6) is 0 Å². The van der Waals surface area contributed by atoms with Crippen LogP contribution in [0, 0.1) is 16.7 Å². The number of imidazole rings is 1. The molecule has 0 aromatic carbocycles. The van der Waals surface area contributed by atoms with Crippen LogP contribution in [0.1, 0.15) is 18.5 Å². The molecule has 0 bridgehead atoms. The van der Waals surface area contributed by atoms with Gasteiger partial charge in [0, 0.05) is 53.4 Å². The number of halogens is 1. The van der Waals surface area contributed by atoms with Gasteiger partial charge in [-0.3, -0.25) is 9.07 Å². The minimum Gasteiger partial charge on any atom is -0.307 e. The zero-order valence-corrected chi connectivity index (χ0v) is 15.1. The van der Waals surface area contributed by atoms with Crippen molar-refractivity contribution in [3.63, 3.8) is 0 Å². The van der Waals surface area contributed by atoms with Crippen molar-refractivity contribution >= 4 is 5.65 Å². The van der Waals surface area contributed by atoms with Gasteiger partial charge >= 0.3 is 0 Å². The van der Waals surface area contributed by atoms with Crippen molar-refractivity contribution in [2.24, 2.45) is 5.41 Å². The Morgan fingerprint density at radius 2 is 2.07 bits per heavy atom. The van der Waals surface area contributed by atoms with E-state index >= 15 is 0 Å². The van der Waals surface area contributed by atoms with E-state index in [0.29, 0.717) is 17.9 Å². The first kappa shape index (κ1) is 16.6. The van der Waals surface area contributed by atoms with Gasteiger partial charge in [0.15, 0.2) is 0 Å². The number of hydrogen-bond acceptors (Lipinski definition) is 4. The van der Waals surface area contributed by atoms with Crippen LogP contribution in [0.2, 0.25) is 0 Å². The fraction of sp³-hybridized carbons (Fsp3) is 0.238. The fourth-order valence-electron chi connectivity index (χ4n) is 3.48. The molecule has 0 radical (unpaired) electrons. The second-order valence-electron chi connectivity index (χ2n) is 7.37. The Morgan fingerprint density at radius 3 is 2.86 bits per heavy atom. The lowest BCUT2D eigenvalue weighted by Gasteiger charge is -2.10. The highest BCUT2D eigenvalue weighted by molar-refractivity contribution is 5.81. The average molecular weight is 372 g/mol. The van der Waals surface area contributed by atoms with Gasteiger partial charge in [0.05, 0.1) is 18.6 Å². The van der Waals surface area contributed by atoms with Crippen LogP contribution in [0.25, 0.3) is 28.0 Å². The molecular formula is C21H17FN6. The molecule has 7 heteroatoms. The number of nitrogens with zero attached hydrogens (tertiary/aromatic N) is 6. The van der Waals surface area contributed by atoms with Gasteiger partial charge in [-0.05, 0) is 37.1 Å². The van der Waals surface area contributed by atoms with Crippen LogP contribution in [-0.4, -0.2) is 30.8 Å². The number of hydrogen-bond donors (Lipinski definition) is 0. The summed E-state index contributed by atoms with van der Waals surface area (Å²) in [7, 11) is 0. The highest BCUT2D eigenvalue weighted by Gasteiger charge is 2.43. The smallest absolute Gasteiger partial charge is 0.141 e. The maximum absolute atomic E-state index is 13.2. The quantitative estimate of drug-likeness (QED) is 0.533. The Labute approximate surface area is 160 Å². The molecule has 0 unspecified atom stereocenters. The van der Waals surface area contributed by atoms with Gasteiger partial charge in [0.25, 0.3) is 0 Å². The second-order valence-corrected chi connectivity index (χ2v) is 7.37. The molecule has 0 saturated heterocycles. The Kier molecular flexibility index (Phi) is 3.72. The Balaban J connectivity index is 1.58. The van der Waals surface area contributed by atoms with Gasteiger partial charge in [-0.15, -0.1) is 0 Å². The highest BCUT2D eigenvalue weighted by Crippen LogP contribution is 2.47. The van der Waals surface area contributed by atoms with Gasteiger partial charge in [-0.1, -0.05) is 0 Å². The van der Waals surface area contributed by atoms with Crippen LogP contribution in [0.15, 0.2) is 55.2 Å². The second kappa shape index (κ2) is 6.27. The predicted molar refractivity (Wildman–Crippen MR) is 102 cm³/mol. The van der Waals surface area contributed by atoms with Crippen LogP contribution in [-0.2, 0) is 6.54 Å². The lowest BCUT2D eigenvalue weighted by Crippen LogP contribution is -2.13. The average Bonchev–Trinajstić information content (AvgIpc) is 3.13. The zero-order chi connectivity index (χ0) is 19.1. The van der Waals surface area contributed by atoms with Crippen molar-refractivity contribution in [3.05, 3.63) is 60.9 Å².